The quantitative estimate of drug-likeness (QED) is 0.598. The first-order valence-electron chi connectivity index (χ1n) is 6.53. The van der Waals surface area contributed by atoms with Crippen LogP contribution in [0, 0.1) is 10.1 Å². The van der Waals surface area contributed by atoms with Gasteiger partial charge in [0.15, 0.2) is 0 Å². The first-order chi connectivity index (χ1) is 10.8. The van der Waals surface area contributed by atoms with E-state index in [1.165, 1.54) is 19.3 Å². The summed E-state index contributed by atoms with van der Waals surface area (Å²) in [7, 11) is 0. The van der Waals surface area contributed by atoms with E-state index in [1.807, 2.05) is 0 Å². The van der Waals surface area contributed by atoms with Crippen LogP contribution in [0.15, 0.2) is 41.0 Å². The van der Waals surface area contributed by atoms with Crippen LogP contribution in [-0.4, -0.2) is 23.2 Å². The molecule has 2 rings (SSSR count). The first-order valence-corrected chi connectivity index (χ1v) is 6.53. The Labute approximate surface area is 129 Å². The molecule has 124 valence electrons. The summed E-state index contributed by atoms with van der Waals surface area (Å²) in [6.07, 6.45) is 1.41. The van der Waals surface area contributed by atoms with Gasteiger partial charge in [0.2, 0.25) is 5.75 Å². The lowest BCUT2D eigenvalue weighted by atomic mass is 10.0. The Balaban J connectivity index is 2.15. The van der Waals surface area contributed by atoms with E-state index in [9.17, 15) is 24.0 Å². The van der Waals surface area contributed by atoms with Crippen LogP contribution < -0.4 is 10.1 Å². The number of anilines is 1. The molecule has 1 aromatic carbocycles. The summed E-state index contributed by atoms with van der Waals surface area (Å²) >= 11 is 0. The molecule has 0 fully saturated rings. The van der Waals surface area contributed by atoms with Crippen LogP contribution >= 0.6 is 0 Å². The topological polar surface area (TPSA) is 97.8 Å². The number of aliphatic hydroxyl groups is 1. The minimum Gasteiger partial charge on any atom is -0.466 e. The summed E-state index contributed by atoms with van der Waals surface area (Å²) in [4.78, 5) is 9.98. The van der Waals surface area contributed by atoms with Gasteiger partial charge in [-0.1, -0.05) is 0 Å². The van der Waals surface area contributed by atoms with Crippen molar-refractivity contribution in [1.29, 1.82) is 0 Å². The number of nitro groups is 1. The fourth-order valence-electron chi connectivity index (χ4n) is 1.91. The van der Waals surface area contributed by atoms with Crippen LogP contribution in [0.5, 0.6) is 5.75 Å². The number of nitro benzene ring substituents is 1. The Kier molecular flexibility index (Phi) is 4.80. The Morgan fingerprint density at radius 2 is 2.22 bits per heavy atom. The molecular weight excluding hydrogens is 314 g/mol. The number of ether oxygens (including phenoxy) is 1. The second-order valence-electron chi connectivity index (χ2n) is 4.92. The monoisotopic (exact) mass is 328 g/mol. The van der Waals surface area contributed by atoms with Gasteiger partial charge in [-0.05, 0) is 25.1 Å². The van der Waals surface area contributed by atoms with E-state index >= 15 is 0 Å². The van der Waals surface area contributed by atoms with Crippen LogP contribution in [0.3, 0.4) is 0 Å². The van der Waals surface area contributed by atoms with Gasteiger partial charge < -0.3 is 19.6 Å². The molecule has 0 aliphatic heterocycles. The van der Waals surface area contributed by atoms with Crippen LogP contribution in [-0.2, 0) is 5.60 Å². The number of nitrogens with one attached hydrogen (secondary N) is 1. The Hall–Kier alpha value is -2.68. The SMILES string of the molecule is CC(O)(CNc1ccc([N+](=O)[O-])c(OC(F)F)c1)c1ccco1. The number of rotatable bonds is 7. The largest absolute Gasteiger partial charge is 0.466 e. The third kappa shape index (κ3) is 4.16. The predicted molar refractivity (Wildman–Crippen MR) is 76.5 cm³/mol. The van der Waals surface area contributed by atoms with E-state index in [4.69, 9.17) is 4.42 Å². The van der Waals surface area contributed by atoms with Crippen molar-refractivity contribution in [3.05, 3.63) is 52.5 Å². The van der Waals surface area contributed by atoms with Crippen molar-refractivity contribution in [3.8, 4) is 5.75 Å². The minimum atomic E-state index is -3.19. The Bertz CT molecular complexity index is 674. The zero-order valence-corrected chi connectivity index (χ0v) is 12.0. The van der Waals surface area contributed by atoms with Crippen molar-refractivity contribution in [2.45, 2.75) is 19.1 Å². The first kappa shape index (κ1) is 16.7. The van der Waals surface area contributed by atoms with E-state index < -0.39 is 28.6 Å². The molecule has 0 aliphatic carbocycles. The van der Waals surface area contributed by atoms with Crippen molar-refractivity contribution < 1.29 is 28.0 Å². The molecule has 1 unspecified atom stereocenters. The lowest BCUT2D eigenvalue weighted by Gasteiger charge is -2.22. The second kappa shape index (κ2) is 6.61. The number of benzene rings is 1. The summed E-state index contributed by atoms with van der Waals surface area (Å²) in [5, 5.41) is 23.9. The van der Waals surface area contributed by atoms with Crippen molar-refractivity contribution >= 4 is 11.4 Å². The van der Waals surface area contributed by atoms with Crippen molar-refractivity contribution in [2.75, 3.05) is 11.9 Å². The Morgan fingerprint density at radius 3 is 2.78 bits per heavy atom. The van der Waals surface area contributed by atoms with E-state index in [2.05, 4.69) is 10.1 Å². The molecule has 0 amide bonds. The van der Waals surface area contributed by atoms with E-state index in [1.54, 1.807) is 12.1 Å². The molecule has 23 heavy (non-hydrogen) atoms. The van der Waals surface area contributed by atoms with Gasteiger partial charge in [-0.3, -0.25) is 10.1 Å². The van der Waals surface area contributed by atoms with E-state index in [-0.39, 0.29) is 12.2 Å². The molecule has 1 heterocycles. The molecule has 0 saturated heterocycles. The molecule has 0 spiro atoms. The molecule has 2 aromatic rings. The minimum absolute atomic E-state index is 0.00750. The maximum atomic E-state index is 12.3. The van der Waals surface area contributed by atoms with Gasteiger partial charge in [0.25, 0.3) is 0 Å². The number of alkyl halides is 2. The van der Waals surface area contributed by atoms with Crippen LogP contribution in [0.1, 0.15) is 12.7 Å². The molecule has 0 aliphatic rings. The standard InChI is InChI=1S/C14H14F2N2O5/c1-14(19,12-3-2-6-22-12)8-17-9-4-5-10(18(20)21)11(7-9)23-13(15)16/h2-7,13,17,19H,8H2,1H3. The maximum Gasteiger partial charge on any atom is 0.387 e. The smallest absolute Gasteiger partial charge is 0.387 e. The summed E-state index contributed by atoms with van der Waals surface area (Å²) in [6.45, 7) is -1.69. The van der Waals surface area contributed by atoms with Gasteiger partial charge in [-0.25, -0.2) is 0 Å². The molecule has 9 heteroatoms. The molecule has 1 aromatic heterocycles. The zero-order valence-electron chi connectivity index (χ0n) is 12.0. The molecule has 0 bridgehead atoms. The summed E-state index contributed by atoms with van der Waals surface area (Å²) in [6, 6.07) is 6.64. The maximum absolute atomic E-state index is 12.3. The third-order valence-electron chi connectivity index (χ3n) is 3.06. The summed E-state index contributed by atoms with van der Waals surface area (Å²) < 4.78 is 33.9. The average molecular weight is 328 g/mol. The Morgan fingerprint density at radius 1 is 1.48 bits per heavy atom. The predicted octanol–water partition coefficient (Wildman–Crippen LogP) is 3.11. The van der Waals surface area contributed by atoms with Gasteiger partial charge in [0.05, 0.1) is 17.7 Å². The highest BCUT2D eigenvalue weighted by atomic mass is 19.3. The number of nitrogens with zero attached hydrogens (tertiary/aromatic N) is 1. The van der Waals surface area contributed by atoms with Gasteiger partial charge >= 0.3 is 12.3 Å². The lowest BCUT2D eigenvalue weighted by molar-refractivity contribution is -0.386. The fourth-order valence-corrected chi connectivity index (χ4v) is 1.91. The lowest BCUT2D eigenvalue weighted by Crippen LogP contribution is -2.30. The fraction of sp³-hybridized carbons (Fsp3) is 0.286. The number of halogens is 2. The number of furan rings is 1. The van der Waals surface area contributed by atoms with Gasteiger partial charge in [0, 0.05) is 17.8 Å². The molecule has 0 radical (unpaired) electrons. The highest BCUT2D eigenvalue weighted by Gasteiger charge is 2.26. The number of hydrogen-bond acceptors (Lipinski definition) is 6. The highest BCUT2D eigenvalue weighted by molar-refractivity contribution is 5.58. The molecule has 7 nitrogen and oxygen atoms in total. The summed E-state index contributed by atoms with van der Waals surface area (Å²) in [5.41, 5.74) is -1.65. The summed E-state index contributed by atoms with van der Waals surface area (Å²) in [5.74, 6) is -0.247. The normalized spacial score (nSPS) is 13.6. The van der Waals surface area contributed by atoms with Gasteiger partial charge in [-0.15, -0.1) is 0 Å². The van der Waals surface area contributed by atoms with Crippen molar-refractivity contribution in [3.63, 3.8) is 0 Å². The van der Waals surface area contributed by atoms with Crippen molar-refractivity contribution in [2.24, 2.45) is 0 Å². The van der Waals surface area contributed by atoms with E-state index in [0.717, 1.165) is 12.1 Å². The van der Waals surface area contributed by atoms with Crippen LogP contribution in [0.2, 0.25) is 0 Å². The molecule has 2 N–H and O–H groups in total. The van der Waals surface area contributed by atoms with Crippen LogP contribution in [0.25, 0.3) is 0 Å². The van der Waals surface area contributed by atoms with E-state index in [0.29, 0.717) is 5.76 Å². The number of hydrogen-bond donors (Lipinski definition) is 2. The highest BCUT2D eigenvalue weighted by Crippen LogP contribution is 2.32. The van der Waals surface area contributed by atoms with Crippen molar-refractivity contribution in [1.82, 2.24) is 0 Å². The van der Waals surface area contributed by atoms with Gasteiger partial charge in [0.1, 0.15) is 11.4 Å². The molecular formula is C14H14F2N2O5. The molecule has 0 saturated carbocycles. The zero-order chi connectivity index (χ0) is 17.0. The second-order valence-corrected chi connectivity index (χ2v) is 4.92. The molecule has 1 atom stereocenters. The van der Waals surface area contributed by atoms with Crippen LogP contribution in [0.4, 0.5) is 20.2 Å². The third-order valence-corrected chi connectivity index (χ3v) is 3.06. The average Bonchev–Trinajstić information content (AvgIpc) is 2.99. The van der Waals surface area contributed by atoms with Gasteiger partial charge in [-0.2, -0.15) is 8.78 Å².